The summed E-state index contributed by atoms with van der Waals surface area (Å²) in [7, 11) is 0. The Bertz CT molecular complexity index is 498. The van der Waals surface area contributed by atoms with E-state index in [1.165, 1.54) is 24.8 Å². The lowest BCUT2D eigenvalue weighted by molar-refractivity contribution is 0.237. The molecule has 19 heavy (non-hydrogen) atoms. The minimum atomic E-state index is 0.471. The molecule has 2 atom stereocenters. The molecule has 0 amide bonds. The first kappa shape index (κ1) is 12.4. The highest BCUT2D eigenvalue weighted by Gasteiger charge is 2.37. The predicted molar refractivity (Wildman–Crippen MR) is 76.3 cm³/mol. The molecule has 3 rings (SSSR count). The van der Waals surface area contributed by atoms with E-state index >= 15 is 0 Å². The number of benzene rings is 1. The monoisotopic (exact) mass is 252 g/mol. The quantitative estimate of drug-likeness (QED) is 0.770. The Morgan fingerprint density at radius 3 is 2.89 bits per heavy atom. The summed E-state index contributed by atoms with van der Waals surface area (Å²) in [5.41, 5.74) is 2.92. The van der Waals surface area contributed by atoms with E-state index in [0.29, 0.717) is 18.4 Å². The molecule has 1 saturated heterocycles. The van der Waals surface area contributed by atoms with E-state index in [0.717, 1.165) is 13.1 Å². The summed E-state index contributed by atoms with van der Waals surface area (Å²) in [6.45, 7) is 2.07. The van der Waals surface area contributed by atoms with E-state index in [-0.39, 0.29) is 0 Å². The molecule has 2 aliphatic rings. The summed E-state index contributed by atoms with van der Waals surface area (Å²) < 4.78 is 0. The highest BCUT2D eigenvalue weighted by Crippen LogP contribution is 2.38. The molecular formula is C17H20N2. The highest BCUT2D eigenvalue weighted by atomic mass is 15.2. The Kier molecular flexibility index (Phi) is 3.66. The second-order valence-electron chi connectivity index (χ2n) is 5.63. The molecule has 0 saturated carbocycles. The number of likely N-dealkylation sites (tertiary alicyclic amines) is 1. The van der Waals surface area contributed by atoms with Gasteiger partial charge in [-0.15, -0.1) is 0 Å². The van der Waals surface area contributed by atoms with Crippen LogP contribution in [-0.4, -0.2) is 17.5 Å². The van der Waals surface area contributed by atoms with Gasteiger partial charge >= 0.3 is 0 Å². The van der Waals surface area contributed by atoms with Crippen molar-refractivity contribution in [2.75, 3.05) is 6.54 Å². The van der Waals surface area contributed by atoms with Crippen LogP contribution in [0.1, 0.15) is 31.2 Å². The average molecular weight is 252 g/mol. The maximum atomic E-state index is 9.00. The van der Waals surface area contributed by atoms with Gasteiger partial charge < -0.3 is 0 Å². The Hall–Kier alpha value is -1.59. The van der Waals surface area contributed by atoms with Crippen molar-refractivity contribution in [1.29, 1.82) is 5.26 Å². The predicted octanol–water partition coefficient (Wildman–Crippen LogP) is 3.51. The number of nitriles is 1. The number of allylic oxidation sites excluding steroid dienone is 1. The van der Waals surface area contributed by atoms with Crippen molar-refractivity contribution >= 4 is 0 Å². The molecule has 98 valence electrons. The van der Waals surface area contributed by atoms with E-state index in [4.69, 9.17) is 5.26 Å². The van der Waals surface area contributed by atoms with Crippen molar-refractivity contribution in [3.05, 3.63) is 47.5 Å². The molecule has 0 aromatic heterocycles. The average Bonchev–Trinajstić information content (AvgIpc) is 2.79. The zero-order chi connectivity index (χ0) is 13.1. The van der Waals surface area contributed by atoms with E-state index in [1.807, 2.05) is 0 Å². The lowest BCUT2D eigenvalue weighted by Crippen LogP contribution is -2.30. The van der Waals surface area contributed by atoms with Gasteiger partial charge in [-0.25, -0.2) is 0 Å². The Balaban J connectivity index is 1.77. The minimum Gasteiger partial charge on any atom is -0.292 e. The van der Waals surface area contributed by atoms with Gasteiger partial charge in [-0.2, -0.15) is 5.26 Å². The van der Waals surface area contributed by atoms with E-state index in [9.17, 15) is 0 Å². The Labute approximate surface area is 115 Å². The van der Waals surface area contributed by atoms with Crippen molar-refractivity contribution < 1.29 is 0 Å². The summed E-state index contributed by atoms with van der Waals surface area (Å²) in [6.07, 6.45) is 6.83. The highest BCUT2D eigenvalue weighted by molar-refractivity contribution is 5.25. The summed E-state index contributed by atoms with van der Waals surface area (Å²) in [5, 5.41) is 9.00. The van der Waals surface area contributed by atoms with Gasteiger partial charge in [0.05, 0.1) is 6.07 Å². The maximum absolute atomic E-state index is 9.00. The Morgan fingerprint density at radius 1 is 1.26 bits per heavy atom. The fourth-order valence-corrected chi connectivity index (χ4v) is 3.52. The largest absolute Gasteiger partial charge is 0.292 e. The van der Waals surface area contributed by atoms with Crippen LogP contribution in [0.15, 0.2) is 42.0 Å². The fraction of sp³-hybridized carbons (Fsp3) is 0.471. The van der Waals surface area contributed by atoms with Crippen molar-refractivity contribution in [3.63, 3.8) is 0 Å². The molecule has 1 fully saturated rings. The Morgan fingerprint density at radius 2 is 2.11 bits per heavy atom. The molecule has 2 heteroatoms. The van der Waals surface area contributed by atoms with Crippen molar-refractivity contribution in [3.8, 4) is 6.07 Å². The second-order valence-corrected chi connectivity index (χ2v) is 5.63. The first-order valence-corrected chi connectivity index (χ1v) is 7.23. The summed E-state index contributed by atoms with van der Waals surface area (Å²) in [5.74, 6) is 0.471. The van der Waals surface area contributed by atoms with Crippen molar-refractivity contribution in [2.45, 2.75) is 38.3 Å². The number of nitrogens with zero attached hydrogens (tertiary/aromatic N) is 2. The lowest BCUT2D eigenvalue weighted by Gasteiger charge is -2.27. The number of hydrogen-bond acceptors (Lipinski definition) is 2. The zero-order valence-corrected chi connectivity index (χ0v) is 11.3. The molecule has 1 aliphatic heterocycles. The molecule has 0 bridgehead atoms. The van der Waals surface area contributed by atoms with Crippen LogP contribution in [0, 0.1) is 17.2 Å². The zero-order valence-electron chi connectivity index (χ0n) is 11.3. The summed E-state index contributed by atoms with van der Waals surface area (Å²) >= 11 is 0. The third-order valence-electron chi connectivity index (χ3n) is 4.38. The van der Waals surface area contributed by atoms with Crippen LogP contribution >= 0.6 is 0 Å². The molecule has 1 aromatic carbocycles. The smallest absolute Gasteiger partial charge is 0.0628 e. The normalized spacial score (nSPS) is 26.6. The van der Waals surface area contributed by atoms with Crippen LogP contribution in [0.5, 0.6) is 0 Å². The molecule has 0 spiro atoms. The number of fused-ring (bicyclic) bond motifs is 1. The number of hydrogen-bond donors (Lipinski definition) is 0. The first-order chi connectivity index (χ1) is 9.38. The van der Waals surface area contributed by atoms with Gasteiger partial charge in [0, 0.05) is 31.5 Å². The van der Waals surface area contributed by atoms with Gasteiger partial charge in [-0.3, -0.25) is 4.90 Å². The fourth-order valence-electron chi connectivity index (χ4n) is 3.52. The van der Waals surface area contributed by atoms with E-state index in [1.54, 1.807) is 5.57 Å². The van der Waals surface area contributed by atoms with Crippen LogP contribution in [0.3, 0.4) is 0 Å². The van der Waals surface area contributed by atoms with Crippen LogP contribution in [0.4, 0.5) is 0 Å². The third-order valence-corrected chi connectivity index (χ3v) is 4.38. The maximum Gasteiger partial charge on any atom is 0.0628 e. The molecule has 1 heterocycles. The van der Waals surface area contributed by atoms with Gasteiger partial charge in [0.15, 0.2) is 0 Å². The van der Waals surface area contributed by atoms with Crippen LogP contribution in [0.25, 0.3) is 0 Å². The van der Waals surface area contributed by atoms with E-state index in [2.05, 4.69) is 47.4 Å². The molecule has 0 radical (unpaired) electrons. The van der Waals surface area contributed by atoms with Gasteiger partial charge in [0.1, 0.15) is 0 Å². The molecule has 1 aromatic rings. The van der Waals surface area contributed by atoms with Gasteiger partial charge in [-0.05, 0) is 24.8 Å². The second kappa shape index (κ2) is 5.59. The standard InChI is InChI=1S/C17H20N2/c18-11-10-15-13-19(12-14-6-2-1-3-7-14)17-9-5-4-8-16(15)17/h1-3,6-8,15,17H,4-5,9-10,12-13H2/t15-,17+/m0/s1. The SMILES string of the molecule is N#CC[C@H]1CN(Cc2ccccc2)[C@@H]2CCCC=C12. The van der Waals surface area contributed by atoms with E-state index < -0.39 is 0 Å². The molecule has 0 N–H and O–H groups in total. The van der Waals surface area contributed by atoms with Crippen molar-refractivity contribution in [2.24, 2.45) is 5.92 Å². The van der Waals surface area contributed by atoms with Crippen molar-refractivity contribution in [1.82, 2.24) is 4.90 Å². The molecular weight excluding hydrogens is 232 g/mol. The van der Waals surface area contributed by atoms with Crippen LogP contribution in [0.2, 0.25) is 0 Å². The summed E-state index contributed by atoms with van der Waals surface area (Å²) in [6, 6.07) is 13.6. The lowest BCUT2D eigenvalue weighted by atomic mass is 9.88. The summed E-state index contributed by atoms with van der Waals surface area (Å²) in [4.78, 5) is 2.57. The number of rotatable bonds is 3. The molecule has 1 aliphatic carbocycles. The molecule has 0 unspecified atom stereocenters. The van der Waals surface area contributed by atoms with Gasteiger partial charge in [0.2, 0.25) is 0 Å². The van der Waals surface area contributed by atoms with Gasteiger partial charge in [0.25, 0.3) is 0 Å². The topological polar surface area (TPSA) is 27.0 Å². The molecule has 2 nitrogen and oxygen atoms in total. The minimum absolute atomic E-state index is 0.471. The van der Waals surface area contributed by atoms with Crippen LogP contribution < -0.4 is 0 Å². The van der Waals surface area contributed by atoms with Crippen LogP contribution in [-0.2, 0) is 6.54 Å². The van der Waals surface area contributed by atoms with Gasteiger partial charge in [-0.1, -0.05) is 42.0 Å². The third kappa shape index (κ3) is 2.57. The first-order valence-electron chi connectivity index (χ1n) is 7.23.